The van der Waals surface area contributed by atoms with E-state index >= 15 is 0 Å². The summed E-state index contributed by atoms with van der Waals surface area (Å²) in [6.07, 6.45) is 8.90. The highest BCUT2D eigenvalue weighted by Crippen LogP contribution is 2.37. The van der Waals surface area contributed by atoms with Gasteiger partial charge in [0.05, 0.1) is 0 Å². The van der Waals surface area contributed by atoms with Crippen LogP contribution in [0.3, 0.4) is 0 Å². The summed E-state index contributed by atoms with van der Waals surface area (Å²) < 4.78 is 27.4. The Kier molecular flexibility index (Phi) is 12.3. The molecule has 48 heavy (non-hydrogen) atoms. The number of benzene rings is 4. The second-order valence-corrected chi connectivity index (χ2v) is 13.7. The SMILES string of the molecule is Cl.NCCCN1c2ccccc2CCc2ccccc21.O=S(=O)(NCCCN1c2ccccc2CCc2ccccc21)c1cccnc1. The van der Waals surface area contributed by atoms with E-state index < -0.39 is 10.0 Å². The standard InChI is InChI=1S/C22H23N3O2S.C17H20N2.ClH/c26-28(27,20-9-5-14-23-17-20)24-15-6-16-25-21-10-3-1-7-18(21)12-13-19-8-2-4-11-22(19)25;18-12-5-13-19-16-8-3-1-6-14(16)10-11-15-7-2-4-9-17(15)19;/h1-5,7-11,14,17,24H,6,12-13,15-16H2;1-4,6-9H,5,10-13,18H2;1H. The fraction of sp³-hybridized carbons (Fsp3) is 0.256. The first-order valence-electron chi connectivity index (χ1n) is 16.5. The van der Waals surface area contributed by atoms with E-state index in [9.17, 15) is 8.42 Å². The van der Waals surface area contributed by atoms with Crippen molar-refractivity contribution in [3.8, 4) is 0 Å². The Labute approximate surface area is 291 Å². The number of aromatic nitrogens is 1. The maximum Gasteiger partial charge on any atom is 0.242 e. The van der Waals surface area contributed by atoms with E-state index in [1.54, 1.807) is 18.3 Å². The summed E-state index contributed by atoms with van der Waals surface area (Å²) in [5, 5.41) is 0. The molecule has 4 aromatic carbocycles. The molecule has 7 rings (SSSR count). The van der Waals surface area contributed by atoms with Crippen LogP contribution in [0.4, 0.5) is 22.7 Å². The molecule has 0 bridgehead atoms. The van der Waals surface area contributed by atoms with E-state index in [-0.39, 0.29) is 17.3 Å². The first-order valence-corrected chi connectivity index (χ1v) is 18.0. The van der Waals surface area contributed by atoms with E-state index in [1.165, 1.54) is 51.2 Å². The van der Waals surface area contributed by atoms with Gasteiger partial charge in [-0.2, -0.15) is 0 Å². The number of aryl methyl sites for hydroxylation is 4. The third-order valence-electron chi connectivity index (χ3n) is 8.84. The number of halogens is 1. The molecule has 2 aliphatic rings. The molecule has 5 aromatic rings. The van der Waals surface area contributed by atoms with Crippen molar-refractivity contribution in [1.82, 2.24) is 9.71 Å². The molecule has 3 N–H and O–H groups in total. The minimum atomic E-state index is -3.52. The predicted octanol–water partition coefficient (Wildman–Crippen LogP) is 7.38. The molecule has 0 unspecified atom stereocenters. The van der Waals surface area contributed by atoms with Crippen molar-refractivity contribution in [3.05, 3.63) is 144 Å². The number of nitrogens with zero attached hydrogens (tertiary/aromatic N) is 3. The van der Waals surface area contributed by atoms with Gasteiger partial charge in [-0.05, 0) is 104 Å². The molecule has 0 saturated carbocycles. The zero-order valence-corrected chi connectivity index (χ0v) is 28.8. The fourth-order valence-electron chi connectivity index (χ4n) is 6.50. The molecule has 0 saturated heterocycles. The molecule has 2 aliphatic heterocycles. The third kappa shape index (κ3) is 8.25. The number of pyridine rings is 1. The fourth-order valence-corrected chi connectivity index (χ4v) is 7.54. The van der Waals surface area contributed by atoms with Gasteiger partial charge in [0.15, 0.2) is 0 Å². The maximum atomic E-state index is 12.4. The van der Waals surface area contributed by atoms with E-state index in [0.29, 0.717) is 13.0 Å². The predicted molar refractivity (Wildman–Crippen MR) is 200 cm³/mol. The summed E-state index contributed by atoms with van der Waals surface area (Å²) in [7, 11) is -3.52. The van der Waals surface area contributed by atoms with Crippen LogP contribution >= 0.6 is 12.4 Å². The first kappa shape index (κ1) is 35.1. The van der Waals surface area contributed by atoms with Gasteiger partial charge < -0.3 is 15.5 Å². The average molecular weight is 682 g/mol. The summed E-state index contributed by atoms with van der Waals surface area (Å²) >= 11 is 0. The van der Waals surface area contributed by atoms with Crippen LogP contribution in [-0.4, -0.2) is 39.6 Å². The molecule has 0 aliphatic carbocycles. The van der Waals surface area contributed by atoms with Crippen LogP contribution in [0.25, 0.3) is 0 Å². The van der Waals surface area contributed by atoms with Crippen LogP contribution in [0, 0.1) is 0 Å². The Balaban J connectivity index is 0.000000197. The number of hydrogen-bond donors (Lipinski definition) is 2. The first-order chi connectivity index (χ1) is 23.0. The Hall–Kier alpha value is -4.21. The molecule has 9 heteroatoms. The zero-order valence-electron chi connectivity index (χ0n) is 27.2. The second-order valence-electron chi connectivity index (χ2n) is 11.9. The Morgan fingerprint density at radius 3 is 1.42 bits per heavy atom. The Bertz CT molecular complexity index is 1790. The van der Waals surface area contributed by atoms with Crippen LogP contribution in [0.2, 0.25) is 0 Å². The van der Waals surface area contributed by atoms with E-state index in [0.717, 1.165) is 51.7 Å². The third-order valence-corrected chi connectivity index (χ3v) is 10.3. The van der Waals surface area contributed by atoms with Crippen molar-refractivity contribution in [2.24, 2.45) is 5.73 Å². The normalized spacial score (nSPS) is 13.3. The van der Waals surface area contributed by atoms with E-state index in [1.807, 2.05) is 0 Å². The van der Waals surface area contributed by atoms with Crippen LogP contribution in [0.1, 0.15) is 35.1 Å². The molecule has 3 heterocycles. The molecular formula is C39H44ClN5O2S. The Morgan fingerprint density at radius 1 is 0.604 bits per heavy atom. The molecule has 0 atom stereocenters. The number of nitrogens with one attached hydrogen (secondary N) is 1. The maximum absolute atomic E-state index is 12.4. The van der Waals surface area contributed by atoms with Gasteiger partial charge in [-0.25, -0.2) is 13.1 Å². The number of hydrogen-bond acceptors (Lipinski definition) is 6. The lowest BCUT2D eigenvalue weighted by molar-refractivity contribution is 0.579. The summed E-state index contributed by atoms with van der Waals surface area (Å²) in [5.74, 6) is 0. The van der Waals surface area contributed by atoms with Gasteiger partial charge in [-0.3, -0.25) is 4.98 Å². The monoisotopic (exact) mass is 681 g/mol. The lowest BCUT2D eigenvalue weighted by Crippen LogP contribution is -2.28. The van der Waals surface area contributed by atoms with Gasteiger partial charge >= 0.3 is 0 Å². The molecular weight excluding hydrogens is 638 g/mol. The summed E-state index contributed by atoms with van der Waals surface area (Å²) in [4.78, 5) is 8.83. The van der Waals surface area contributed by atoms with Gasteiger partial charge in [0.25, 0.3) is 0 Å². The van der Waals surface area contributed by atoms with Crippen molar-refractivity contribution in [2.45, 2.75) is 43.4 Å². The number of sulfonamides is 1. The number of rotatable bonds is 9. The van der Waals surface area contributed by atoms with E-state index in [2.05, 4.69) is 117 Å². The molecule has 0 fully saturated rings. The second kappa shape index (κ2) is 16.8. The lowest BCUT2D eigenvalue weighted by Gasteiger charge is -2.27. The molecule has 0 amide bonds. The van der Waals surface area contributed by atoms with Gasteiger partial charge in [0.1, 0.15) is 4.90 Å². The van der Waals surface area contributed by atoms with Crippen molar-refractivity contribution >= 4 is 45.2 Å². The lowest BCUT2D eigenvalue weighted by atomic mass is 10.0. The quantitative estimate of drug-likeness (QED) is 0.158. The molecule has 0 spiro atoms. The van der Waals surface area contributed by atoms with Gasteiger partial charge in [-0.15, -0.1) is 12.4 Å². The summed E-state index contributed by atoms with van der Waals surface area (Å²) in [6, 6.07) is 37.6. The Morgan fingerprint density at radius 2 is 1.02 bits per heavy atom. The van der Waals surface area contributed by atoms with Crippen LogP contribution in [0.15, 0.2) is 126 Å². The van der Waals surface area contributed by atoms with Crippen LogP contribution < -0.4 is 20.3 Å². The number of para-hydroxylation sites is 4. The summed E-state index contributed by atoms with van der Waals surface area (Å²) in [6.45, 7) is 2.84. The average Bonchev–Trinajstić information content (AvgIpc) is 3.38. The number of nitrogens with two attached hydrogens (primary N) is 1. The zero-order chi connectivity index (χ0) is 32.5. The summed E-state index contributed by atoms with van der Waals surface area (Å²) in [5.41, 5.74) is 16.4. The minimum Gasteiger partial charge on any atom is -0.341 e. The number of fused-ring (bicyclic) bond motifs is 4. The smallest absolute Gasteiger partial charge is 0.242 e. The largest absolute Gasteiger partial charge is 0.341 e. The molecule has 7 nitrogen and oxygen atoms in total. The molecule has 250 valence electrons. The number of anilines is 4. The van der Waals surface area contributed by atoms with Gasteiger partial charge in [0, 0.05) is 54.8 Å². The van der Waals surface area contributed by atoms with Crippen LogP contribution in [0.5, 0.6) is 0 Å². The highest BCUT2D eigenvalue weighted by atomic mass is 35.5. The minimum absolute atomic E-state index is 0. The van der Waals surface area contributed by atoms with Crippen molar-refractivity contribution in [1.29, 1.82) is 0 Å². The van der Waals surface area contributed by atoms with E-state index in [4.69, 9.17) is 5.73 Å². The highest BCUT2D eigenvalue weighted by Gasteiger charge is 2.21. The van der Waals surface area contributed by atoms with Crippen LogP contribution in [-0.2, 0) is 35.7 Å². The highest BCUT2D eigenvalue weighted by molar-refractivity contribution is 7.89. The van der Waals surface area contributed by atoms with Crippen molar-refractivity contribution in [2.75, 3.05) is 36.0 Å². The molecule has 1 aromatic heterocycles. The topological polar surface area (TPSA) is 91.6 Å². The van der Waals surface area contributed by atoms with Crippen molar-refractivity contribution in [3.63, 3.8) is 0 Å². The molecule has 0 radical (unpaired) electrons. The van der Waals surface area contributed by atoms with Gasteiger partial charge in [-0.1, -0.05) is 72.8 Å². The van der Waals surface area contributed by atoms with Gasteiger partial charge in [0.2, 0.25) is 10.0 Å². The van der Waals surface area contributed by atoms with Crippen molar-refractivity contribution < 1.29 is 8.42 Å².